The van der Waals surface area contributed by atoms with E-state index in [9.17, 15) is 24.0 Å². The van der Waals surface area contributed by atoms with Gasteiger partial charge in [-0.2, -0.15) is 0 Å². The van der Waals surface area contributed by atoms with Gasteiger partial charge in [0.1, 0.15) is 19.3 Å². The molecular weight excluding hydrogens is 610 g/mol. The number of amides is 3. The number of carboxylic acids is 1. The van der Waals surface area contributed by atoms with E-state index in [-0.39, 0.29) is 70.0 Å². The van der Waals surface area contributed by atoms with E-state index in [1.165, 1.54) is 90.9 Å². The molecule has 0 rings (SSSR count). The molecule has 0 aliphatic rings. The third-order valence-electron chi connectivity index (χ3n) is 6.71. The van der Waals surface area contributed by atoms with Crippen LogP contribution in [0.1, 0.15) is 118 Å². The summed E-state index contributed by atoms with van der Waals surface area (Å²) in [7, 11) is 0. The number of aliphatic carboxylic acids is 1. The number of ketones is 1. The Kier molecular flexibility index (Phi) is 35.9. The molecule has 0 spiro atoms. The van der Waals surface area contributed by atoms with E-state index in [1.54, 1.807) is 0 Å². The number of unbranched alkanes of at least 4 members (excludes halogenated alkanes) is 11. The summed E-state index contributed by atoms with van der Waals surface area (Å²) in [6, 6.07) is -1.11. The molecule has 0 aliphatic heterocycles. The Morgan fingerprint density at radius 2 is 1.00 bits per heavy atom. The number of carbonyl (C=O) groups excluding carboxylic acids is 4. The number of Topliss-reactive ketones (excluding diaryl/α,β-unsaturated/α-hetero) is 1. The molecule has 0 bridgehead atoms. The van der Waals surface area contributed by atoms with Crippen LogP contribution in [-0.2, 0) is 42.9 Å². The summed E-state index contributed by atoms with van der Waals surface area (Å²) in [5.41, 5.74) is 0. The Labute approximate surface area is 282 Å². The van der Waals surface area contributed by atoms with Crippen LogP contribution in [0.2, 0.25) is 0 Å². The number of carboxylic acid groups (broad SMARTS) is 1. The van der Waals surface area contributed by atoms with Crippen LogP contribution in [0.25, 0.3) is 0 Å². The number of carbonyl (C=O) groups is 5. The zero-order valence-electron chi connectivity index (χ0n) is 29.7. The molecule has 0 fully saturated rings. The van der Waals surface area contributed by atoms with Crippen molar-refractivity contribution in [3.05, 3.63) is 0 Å². The first-order chi connectivity index (χ1) is 22.6. The van der Waals surface area contributed by atoms with Crippen molar-refractivity contribution >= 4 is 29.5 Å². The average Bonchev–Trinajstić information content (AvgIpc) is 3.02. The molecule has 0 radical (unpaired) electrons. The fraction of sp³-hybridized carbons (Fsp3) is 0.853. The summed E-state index contributed by atoms with van der Waals surface area (Å²) in [5.74, 6) is -2.37. The van der Waals surface area contributed by atoms with Crippen LogP contribution in [-0.4, -0.2) is 107 Å². The molecule has 0 aromatic carbocycles. The van der Waals surface area contributed by atoms with Crippen LogP contribution >= 0.6 is 0 Å². The van der Waals surface area contributed by atoms with Gasteiger partial charge in [-0.05, 0) is 13.3 Å². The second-order valence-corrected chi connectivity index (χ2v) is 11.4. The van der Waals surface area contributed by atoms with Gasteiger partial charge in [0.15, 0.2) is 5.78 Å². The van der Waals surface area contributed by atoms with E-state index in [1.807, 2.05) is 0 Å². The minimum absolute atomic E-state index is 0.0147. The van der Waals surface area contributed by atoms with Crippen LogP contribution in [0, 0.1) is 0 Å². The molecule has 13 nitrogen and oxygen atoms in total. The Balaban J connectivity index is 0. The highest BCUT2D eigenvalue weighted by Crippen LogP contribution is 2.11. The second kappa shape index (κ2) is 36.2. The number of rotatable bonds is 32. The van der Waals surface area contributed by atoms with Crippen LogP contribution in [0.15, 0.2) is 0 Å². The molecule has 0 heterocycles. The average molecular weight is 676 g/mol. The highest BCUT2D eigenvalue weighted by atomic mass is 16.5. The zero-order chi connectivity index (χ0) is 35.4. The molecule has 0 saturated carbocycles. The molecule has 0 saturated heterocycles. The van der Waals surface area contributed by atoms with Crippen LogP contribution in [0.4, 0.5) is 0 Å². The van der Waals surface area contributed by atoms with Crippen molar-refractivity contribution in [1.82, 2.24) is 16.0 Å². The lowest BCUT2D eigenvalue weighted by atomic mass is 10.1. The minimum atomic E-state index is -1.20. The molecule has 0 aromatic heterocycles. The van der Waals surface area contributed by atoms with Crippen molar-refractivity contribution < 1.29 is 48.0 Å². The van der Waals surface area contributed by atoms with Gasteiger partial charge >= 0.3 is 5.97 Å². The van der Waals surface area contributed by atoms with E-state index in [0.29, 0.717) is 26.4 Å². The van der Waals surface area contributed by atoms with Gasteiger partial charge in [0.05, 0.1) is 39.6 Å². The van der Waals surface area contributed by atoms with E-state index < -0.39 is 17.9 Å². The first-order valence-electron chi connectivity index (χ1n) is 17.5. The van der Waals surface area contributed by atoms with Gasteiger partial charge in [0, 0.05) is 26.4 Å². The first-order valence-corrected chi connectivity index (χ1v) is 17.5. The van der Waals surface area contributed by atoms with Crippen molar-refractivity contribution in [2.24, 2.45) is 0 Å². The van der Waals surface area contributed by atoms with Gasteiger partial charge < -0.3 is 40.0 Å². The second-order valence-electron chi connectivity index (χ2n) is 11.4. The summed E-state index contributed by atoms with van der Waals surface area (Å²) in [6.07, 6.45) is 17.4. The summed E-state index contributed by atoms with van der Waals surface area (Å²) in [6.45, 7) is 9.32. The van der Waals surface area contributed by atoms with Gasteiger partial charge in [-0.25, -0.2) is 4.79 Å². The smallest absolute Gasteiger partial charge is 0.326 e. The number of hydrogen-bond donors (Lipinski definition) is 4. The Hall–Kier alpha value is -2.61. The standard InChI is InChI=1S/C20H35N3O10.C14H30/c1-15(24)13-32-11-9-31-8-6-22-19(27)14-33-12-10-30-7-5-21-18(26)4-3-17(20(28)29)23-16(2)25;1-3-5-7-9-11-13-14-12-10-8-6-4-2/h17H,3-14H2,1-2H3,(H,21,26)(H,22,27)(H,23,25)(H,28,29);3-14H2,1-2H3. The highest BCUT2D eigenvalue weighted by Gasteiger charge is 2.19. The zero-order valence-corrected chi connectivity index (χ0v) is 29.7. The third-order valence-corrected chi connectivity index (χ3v) is 6.71. The monoisotopic (exact) mass is 675 g/mol. The quantitative estimate of drug-likeness (QED) is 0.0763. The Morgan fingerprint density at radius 3 is 1.43 bits per heavy atom. The fourth-order valence-corrected chi connectivity index (χ4v) is 4.18. The minimum Gasteiger partial charge on any atom is -0.480 e. The molecule has 0 aliphatic carbocycles. The van der Waals surface area contributed by atoms with Crippen molar-refractivity contribution in [3.8, 4) is 0 Å². The maximum Gasteiger partial charge on any atom is 0.326 e. The van der Waals surface area contributed by atoms with E-state index >= 15 is 0 Å². The van der Waals surface area contributed by atoms with Gasteiger partial charge in [0.2, 0.25) is 17.7 Å². The molecular formula is C34H65N3O10. The van der Waals surface area contributed by atoms with E-state index in [4.69, 9.17) is 24.1 Å². The largest absolute Gasteiger partial charge is 0.480 e. The maximum absolute atomic E-state index is 11.7. The topological polar surface area (TPSA) is 179 Å². The fourth-order valence-electron chi connectivity index (χ4n) is 4.18. The SMILES string of the molecule is CC(=O)COCCOCCNC(=O)COCCOCCNC(=O)CCC(NC(C)=O)C(=O)O.CCCCCCCCCCCCCC. The molecule has 13 heteroatoms. The number of ether oxygens (including phenoxy) is 4. The van der Waals surface area contributed by atoms with E-state index in [0.717, 1.165) is 0 Å². The molecule has 47 heavy (non-hydrogen) atoms. The molecule has 1 atom stereocenters. The summed E-state index contributed by atoms with van der Waals surface area (Å²) >= 11 is 0. The highest BCUT2D eigenvalue weighted by molar-refractivity contribution is 5.83. The predicted molar refractivity (Wildman–Crippen MR) is 181 cm³/mol. The molecule has 4 N–H and O–H groups in total. The molecule has 3 amide bonds. The first kappa shape index (κ1) is 46.5. The van der Waals surface area contributed by atoms with Gasteiger partial charge in [-0.1, -0.05) is 90.9 Å². The Bertz CT molecular complexity index is 786. The number of hydrogen-bond acceptors (Lipinski definition) is 9. The van der Waals surface area contributed by atoms with E-state index in [2.05, 4.69) is 29.8 Å². The van der Waals surface area contributed by atoms with Crippen molar-refractivity contribution in [2.45, 2.75) is 124 Å². The van der Waals surface area contributed by atoms with Crippen molar-refractivity contribution in [1.29, 1.82) is 0 Å². The molecule has 276 valence electrons. The normalized spacial score (nSPS) is 11.2. The Morgan fingerprint density at radius 1 is 0.574 bits per heavy atom. The molecule has 0 aromatic rings. The summed E-state index contributed by atoms with van der Waals surface area (Å²) in [4.78, 5) is 55.8. The lowest BCUT2D eigenvalue weighted by Crippen LogP contribution is -2.40. The molecule has 1 unspecified atom stereocenters. The summed E-state index contributed by atoms with van der Waals surface area (Å²) in [5, 5.41) is 16.4. The van der Waals surface area contributed by atoms with Crippen LogP contribution in [0.3, 0.4) is 0 Å². The third kappa shape index (κ3) is 39.5. The van der Waals surface area contributed by atoms with Crippen molar-refractivity contribution in [2.75, 3.05) is 65.9 Å². The predicted octanol–water partition coefficient (Wildman–Crippen LogP) is 3.95. The van der Waals surface area contributed by atoms with Gasteiger partial charge in [-0.15, -0.1) is 0 Å². The lowest BCUT2D eigenvalue weighted by molar-refractivity contribution is -0.142. The van der Waals surface area contributed by atoms with Crippen molar-refractivity contribution in [3.63, 3.8) is 0 Å². The van der Waals surface area contributed by atoms with Crippen LogP contribution in [0.5, 0.6) is 0 Å². The van der Waals surface area contributed by atoms with Gasteiger partial charge in [-0.3, -0.25) is 19.2 Å². The number of nitrogens with one attached hydrogen (secondary N) is 3. The lowest BCUT2D eigenvalue weighted by Gasteiger charge is -2.13. The summed E-state index contributed by atoms with van der Waals surface area (Å²) < 4.78 is 20.7. The van der Waals surface area contributed by atoms with Gasteiger partial charge in [0.25, 0.3) is 0 Å². The van der Waals surface area contributed by atoms with Crippen LogP contribution < -0.4 is 16.0 Å². The maximum atomic E-state index is 11.7.